The van der Waals surface area contributed by atoms with E-state index in [1.807, 2.05) is 0 Å². The van der Waals surface area contributed by atoms with Crippen LogP contribution in [0.4, 0.5) is 13.2 Å². The first-order valence-electron chi connectivity index (χ1n) is 11.3. The standard InChI is InChI=1S/C28H29F3/c1-3-4-19-8-10-23-17-24(12-11-22(23)15-19)25-14-13-21(27(30)28(25)31)9-7-20-6-5-18(2)26(29)16-20/h3-6,13-14,16,19,22-24H,8,10-12,15,17H2,1-2H3/b4-3+. The van der Waals surface area contributed by atoms with Crippen molar-refractivity contribution < 1.29 is 13.2 Å². The van der Waals surface area contributed by atoms with Crippen molar-refractivity contribution in [2.45, 2.75) is 58.3 Å². The zero-order valence-corrected chi connectivity index (χ0v) is 18.2. The molecule has 2 aliphatic carbocycles. The maximum Gasteiger partial charge on any atom is 0.174 e. The summed E-state index contributed by atoms with van der Waals surface area (Å²) in [6, 6.07) is 7.89. The van der Waals surface area contributed by atoms with Crippen molar-refractivity contribution in [1.82, 2.24) is 0 Å². The maximum absolute atomic E-state index is 15.0. The van der Waals surface area contributed by atoms with Crippen molar-refractivity contribution in [3.8, 4) is 11.8 Å². The lowest BCUT2D eigenvalue weighted by molar-refractivity contribution is 0.132. The number of hydrogen-bond donors (Lipinski definition) is 0. The fourth-order valence-electron chi connectivity index (χ4n) is 5.44. The molecule has 2 saturated carbocycles. The minimum absolute atomic E-state index is 0.0165. The molecule has 4 atom stereocenters. The minimum atomic E-state index is -0.892. The van der Waals surface area contributed by atoms with Crippen molar-refractivity contribution in [3.63, 3.8) is 0 Å². The van der Waals surface area contributed by atoms with Crippen molar-refractivity contribution in [2.24, 2.45) is 17.8 Å². The first kappa shape index (κ1) is 21.8. The van der Waals surface area contributed by atoms with E-state index in [2.05, 4.69) is 30.9 Å². The minimum Gasteiger partial charge on any atom is -0.207 e. The van der Waals surface area contributed by atoms with E-state index in [4.69, 9.17) is 0 Å². The molecule has 2 aliphatic rings. The Labute approximate surface area is 183 Å². The van der Waals surface area contributed by atoms with Gasteiger partial charge in [0.1, 0.15) is 5.82 Å². The molecule has 2 aromatic rings. The highest BCUT2D eigenvalue weighted by Crippen LogP contribution is 2.48. The molecule has 4 rings (SSSR count). The molecule has 162 valence electrons. The van der Waals surface area contributed by atoms with Gasteiger partial charge in [0.15, 0.2) is 11.6 Å². The van der Waals surface area contributed by atoms with Crippen LogP contribution in [-0.2, 0) is 0 Å². The Balaban J connectivity index is 1.49. The van der Waals surface area contributed by atoms with Crippen LogP contribution >= 0.6 is 0 Å². The van der Waals surface area contributed by atoms with Gasteiger partial charge in [0.05, 0.1) is 5.56 Å². The summed E-state index contributed by atoms with van der Waals surface area (Å²) in [6.07, 6.45) is 11.0. The monoisotopic (exact) mass is 422 g/mol. The second-order valence-electron chi connectivity index (χ2n) is 9.17. The summed E-state index contributed by atoms with van der Waals surface area (Å²) in [5.74, 6) is 5.46. The first-order valence-corrected chi connectivity index (χ1v) is 11.3. The molecule has 3 heteroatoms. The van der Waals surface area contributed by atoms with Crippen molar-refractivity contribution in [2.75, 3.05) is 0 Å². The van der Waals surface area contributed by atoms with Gasteiger partial charge in [-0.3, -0.25) is 0 Å². The molecule has 0 aliphatic heterocycles. The van der Waals surface area contributed by atoms with Gasteiger partial charge in [0.2, 0.25) is 0 Å². The van der Waals surface area contributed by atoms with Gasteiger partial charge in [0.25, 0.3) is 0 Å². The summed E-state index contributed by atoms with van der Waals surface area (Å²) in [7, 11) is 0. The molecule has 0 heterocycles. The zero-order chi connectivity index (χ0) is 22.0. The molecule has 0 saturated heterocycles. The molecule has 2 fully saturated rings. The van der Waals surface area contributed by atoms with E-state index in [0.29, 0.717) is 34.4 Å². The van der Waals surface area contributed by atoms with Gasteiger partial charge < -0.3 is 0 Å². The Kier molecular flexibility index (Phi) is 6.56. The Bertz CT molecular complexity index is 1040. The Morgan fingerprint density at radius 1 is 0.871 bits per heavy atom. The number of benzene rings is 2. The van der Waals surface area contributed by atoms with Gasteiger partial charge in [-0.2, -0.15) is 0 Å². The molecule has 31 heavy (non-hydrogen) atoms. The van der Waals surface area contributed by atoms with E-state index >= 15 is 0 Å². The van der Waals surface area contributed by atoms with E-state index in [1.54, 1.807) is 31.2 Å². The van der Waals surface area contributed by atoms with Gasteiger partial charge >= 0.3 is 0 Å². The molecular formula is C28H29F3. The molecule has 0 bridgehead atoms. The summed E-state index contributed by atoms with van der Waals surface area (Å²) in [5, 5.41) is 0. The number of halogens is 3. The lowest BCUT2D eigenvalue weighted by Gasteiger charge is -2.41. The fourth-order valence-corrected chi connectivity index (χ4v) is 5.44. The molecule has 0 N–H and O–H groups in total. The SMILES string of the molecule is C/C=C/C1CCC2CC(c3ccc(C#Cc4ccc(C)c(F)c4)c(F)c3F)CCC2C1. The van der Waals surface area contributed by atoms with Gasteiger partial charge in [-0.05, 0) is 105 Å². The average molecular weight is 423 g/mol. The molecule has 0 radical (unpaired) electrons. The number of aryl methyl sites for hydroxylation is 1. The van der Waals surface area contributed by atoms with Gasteiger partial charge in [-0.1, -0.05) is 36.1 Å². The zero-order valence-electron chi connectivity index (χ0n) is 18.2. The first-order chi connectivity index (χ1) is 15.0. The predicted molar refractivity (Wildman–Crippen MR) is 119 cm³/mol. The Morgan fingerprint density at radius 2 is 1.65 bits per heavy atom. The van der Waals surface area contributed by atoms with Crippen LogP contribution in [-0.4, -0.2) is 0 Å². The molecule has 0 nitrogen and oxygen atoms in total. The summed E-state index contributed by atoms with van der Waals surface area (Å²) in [6.45, 7) is 3.75. The highest BCUT2D eigenvalue weighted by atomic mass is 19.2. The molecule has 2 aromatic carbocycles. The van der Waals surface area contributed by atoms with Crippen LogP contribution in [0, 0.1) is 54.0 Å². The Morgan fingerprint density at radius 3 is 2.42 bits per heavy atom. The molecule has 4 unspecified atom stereocenters. The second kappa shape index (κ2) is 9.35. The van der Waals surface area contributed by atoms with E-state index in [1.165, 1.54) is 25.3 Å². The quantitative estimate of drug-likeness (QED) is 0.344. The van der Waals surface area contributed by atoms with E-state index in [0.717, 1.165) is 19.3 Å². The molecule has 0 spiro atoms. The van der Waals surface area contributed by atoms with Gasteiger partial charge in [-0.15, -0.1) is 0 Å². The normalized spacial score (nSPS) is 25.7. The largest absolute Gasteiger partial charge is 0.207 e. The van der Waals surface area contributed by atoms with E-state index in [9.17, 15) is 13.2 Å². The highest BCUT2D eigenvalue weighted by molar-refractivity contribution is 5.45. The number of allylic oxidation sites excluding steroid dienone is 2. The lowest BCUT2D eigenvalue weighted by atomic mass is 9.64. The second-order valence-corrected chi connectivity index (χ2v) is 9.17. The van der Waals surface area contributed by atoms with Crippen LogP contribution in [0.3, 0.4) is 0 Å². The number of fused-ring (bicyclic) bond motifs is 1. The van der Waals surface area contributed by atoms with Crippen molar-refractivity contribution >= 4 is 0 Å². The Hall–Kier alpha value is -2.47. The van der Waals surface area contributed by atoms with Crippen LogP contribution in [0.25, 0.3) is 0 Å². The molecule has 0 amide bonds. The van der Waals surface area contributed by atoms with Crippen molar-refractivity contribution in [3.05, 3.63) is 82.2 Å². The van der Waals surface area contributed by atoms with Crippen LogP contribution in [0.2, 0.25) is 0 Å². The maximum atomic E-state index is 15.0. The fraction of sp³-hybridized carbons (Fsp3) is 0.429. The third-order valence-electron chi connectivity index (χ3n) is 7.18. The van der Waals surface area contributed by atoms with Crippen LogP contribution in [0.5, 0.6) is 0 Å². The lowest BCUT2D eigenvalue weighted by Crippen LogP contribution is -2.30. The molecular weight excluding hydrogens is 393 g/mol. The van der Waals surface area contributed by atoms with Crippen LogP contribution < -0.4 is 0 Å². The molecule has 0 aromatic heterocycles. The van der Waals surface area contributed by atoms with Crippen LogP contribution in [0.15, 0.2) is 42.5 Å². The summed E-state index contributed by atoms with van der Waals surface area (Å²) in [4.78, 5) is 0. The highest BCUT2D eigenvalue weighted by Gasteiger charge is 2.36. The topological polar surface area (TPSA) is 0 Å². The van der Waals surface area contributed by atoms with Gasteiger partial charge in [0, 0.05) is 5.56 Å². The van der Waals surface area contributed by atoms with E-state index < -0.39 is 11.6 Å². The number of hydrogen-bond acceptors (Lipinski definition) is 0. The van der Waals surface area contributed by atoms with Gasteiger partial charge in [-0.25, -0.2) is 13.2 Å². The number of rotatable bonds is 2. The summed E-state index contributed by atoms with van der Waals surface area (Å²) < 4.78 is 43.4. The van der Waals surface area contributed by atoms with E-state index in [-0.39, 0.29) is 17.3 Å². The summed E-state index contributed by atoms with van der Waals surface area (Å²) in [5.41, 5.74) is 1.47. The third kappa shape index (κ3) is 4.74. The predicted octanol–water partition coefficient (Wildman–Crippen LogP) is 7.69. The average Bonchev–Trinajstić information content (AvgIpc) is 2.77. The summed E-state index contributed by atoms with van der Waals surface area (Å²) >= 11 is 0. The smallest absolute Gasteiger partial charge is 0.174 e. The van der Waals surface area contributed by atoms with Crippen molar-refractivity contribution in [1.29, 1.82) is 0 Å². The van der Waals surface area contributed by atoms with Crippen LogP contribution in [0.1, 0.15) is 73.6 Å². The third-order valence-corrected chi connectivity index (χ3v) is 7.18.